The normalized spacial score (nSPS) is 9.00. The summed E-state index contributed by atoms with van der Waals surface area (Å²) in [5.41, 5.74) is 1.21. The van der Waals surface area contributed by atoms with Crippen LogP contribution >= 0.6 is 0 Å². The first-order valence-electron chi connectivity index (χ1n) is 5.22. The van der Waals surface area contributed by atoms with Crippen LogP contribution in [0.3, 0.4) is 0 Å². The monoisotopic (exact) mass is 318 g/mol. The number of carbonyl (C=O) groups excluding carboxylic acids is 2. The summed E-state index contributed by atoms with van der Waals surface area (Å²) in [6, 6.07) is 12.2. The SMILES string of the molecule is O=C([O-])c1ccc(-c2ccccc2C(=O)[O-])cc1.[K+].[K+]. The molecule has 0 amide bonds. The summed E-state index contributed by atoms with van der Waals surface area (Å²) in [4.78, 5) is 21.6. The summed E-state index contributed by atoms with van der Waals surface area (Å²) in [6.07, 6.45) is 0. The van der Waals surface area contributed by atoms with E-state index in [1.165, 1.54) is 30.3 Å². The molecule has 0 aliphatic carbocycles. The zero-order chi connectivity index (χ0) is 13.1. The number of carbonyl (C=O) groups is 2. The minimum atomic E-state index is -1.27. The Bertz CT molecular complexity index is 609. The Kier molecular flexibility index (Phi) is 9.94. The molecule has 0 aliphatic rings. The van der Waals surface area contributed by atoms with Gasteiger partial charge in [-0.1, -0.05) is 48.5 Å². The number of hydrogen-bond donors (Lipinski definition) is 0. The summed E-state index contributed by atoms with van der Waals surface area (Å²) in [7, 11) is 0. The first kappa shape index (κ1) is 20.7. The van der Waals surface area contributed by atoms with Crippen molar-refractivity contribution in [3.63, 3.8) is 0 Å². The van der Waals surface area contributed by atoms with Crippen LogP contribution < -0.4 is 113 Å². The van der Waals surface area contributed by atoms with Gasteiger partial charge in [-0.25, -0.2) is 0 Å². The van der Waals surface area contributed by atoms with Crippen LogP contribution in [-0.4, -0.2) is 11.9 Å². The van der Waals surface area contributed by atoms with Gasteiger partial charge in [-0.15, -0.1) is 0 Å². The molecule has 0 aliphatic heterocycles. The molecule has 90 valence electrons. The van der Waals surface area contributed by atoms with E-state index in [4.69, 9.17) is 0 Å². The third-order valence-electron chi connectivity index (χ3n) is 2.58. The third kappa shape index (κ3) is 5.13. The molecule has 0 atom stereocenters. The Hall–Kier alpha value is 0.653. The van der Waals surface area contributed by atoms with Crippen LogP contribution in [0.2, 0.25) is 0 Å². The molecule has 2 rings (SSSR count). The van der Waals surface area contributed by atoms with Crippen molar-refractivity contribution >= 4 is 11.9 Å². The van der Waals surface area contributed by atoms with E-state index in [-0.39, 0.29) is 114 Å². The Morgan fingerprint density at radius 3 is 1.80 bits per heavy atom. The van der Waals surface area contributed by atoms with Crippen LogP contribution in [0.4, 0.5) is 0 Å². The fraction of sp³-hybridized carbons (Fsp3) is 0. The van der Waals surface area contributed by atoms with Gasteiger partial charge in [0, 0.05) is 5.56 Å². The van der Waals surface area contributed by atoms with Crippen molar-refractivity contribution in [2.24, 2.45) is 0 Å². The summed E-state index contributed by atoms with van der Waals surface area (Å²) in [5.74, 6) is -2.54. The number of aromatic carboxylic acids is 2. The van der Waals surface area contributed by atoms with E-state index in [2.05, 4.69) is 0 Å². The van der Waals surface area contributed by atoms with Gasteiger partial charge in [0.15, 0.2) is 0 Å². The van der Waals surface area contributed by atoms with Crippen molar-refractivity contribution in [3.05, 3.63) is 59.7 Å². The predicted octanol–water partition coefficient (Wildman–Crippen LogP) is -5.91. The predicted molar refractivity (Wildman–Crippen MR) is 60.5 cm³/mol. The zero-order valence-electron chi connectivity index (χ0n) is 11.3. The molecule has 0 radical (unpaired) electrons. The van der Waals surface area contributed by atoms with E-state index in [1.807, 2.05) is 0 Å². The van der Waals surface area contributed by atoms with Crippen molar-refractivity contribution in [3.8, 4) is 11.1 Å². The van der Waals surface area contributed by atoms with Crippen LogP contribution in [0, 0.1) is 0 Å². The van der Waals surface area contributed by atoms with Gasteiger partial charge < -0.3 is 19.8 Å². The van der Waals surface area contributed by atoms with E-state index in [1.54, 1.807) is 18.2 Å². The molecule has 4 nitrogen and oxygen atoms in total. The molecule has 0 bridgehead atoms. The third-order valence-corrected chi connectivity index (χ3v) is 2.58. The number of carboxylic acid groups (broad SMARTS) is 2. The molecule has 0 spiro atoms. The second-order valence-corrected chi connectivity index (χ2v) is 3.70. The summed E-state index contributed by atoms with van der Waals surface area (Å²) < 4.78 is 0. The minimum absolute atomic E-state index is 0. The van der Waals surface area contributed by atoms with Crippen molar-refractivity contribution in [1.29, 1.82) is 0 Å². The van der Waals surface area contributed by atoms with Crippen LogP contribution in [-0.2, 0) is 0 Å². The van der Waals surface area contributed by atoms with Gasteiger partial charge in [-0.2, -0.15) is 0 Å². The van der Waals surface area contributed by atoms with E-state index < -0.39 is 11.9 Å². The molecule has 20 heavy (non-hydrogen) atoms. The first-order valence-corrected chi connectivity index (χ1v) is 5.22. The Morgan fingerprint density at radius 1 is 0.750 bits per heavy atom. The molecular formula is C14H8K2O4. The molecular weight excluding hydrogens is 310 g/mol. The fourth-order valence-corrected chi connectivity index (χ4v) is 1.70. The summed E-state index contributed by atoms with van der Waals surface area (Å²) in [5, 5.41) is 21.6. The van der Waals surface area contributed by atoms with Crippen molar-refractivity contribution in [2.45, 2.75) is 0 Å². The largest absolute Gasteiger partial charge is 1.00 e. The zero-order valence-corrected chi connectivity index (χ0v) is 17.5. The molecule has 2 aromatic carbocycles. The molecule has 0 unspecified atom stereocenters. The smallest absolute Gasteiger partial charge is 0.545 e. The standard InChI is InChI=1S/C14H10O4.2K/c15-13(16)10-7-5-9(6-8-10)11-3-1-2-4-12(11)14(17)18;;/h1-8H,(H,15,16)(H,17,18);;/q;2*+1/p-2. The number of hydrogen-bond acceptors (Lipinski definition) is 4. The second-order valence-electron chi connectivity index (χ2n) is 3.70. The van der Waals surface area contributed by atoms with Gasteiger partial charge in [-0.05, 0) is 16.7 Å². The molecule has 0 fully saturated rings. The second kappa shape index (κ2) is 9.63. The van der Waals surface area contributed by atoms with Gasteiger partial charge in [0.05, 0.1) is 11.9 Å². The minimum Gasteiger partial charge on any atom is -0.545 e. The van der Waals surface area contributed by atoms with Crippen molar-refractivity contribution < 1.29 is 123 Å². The van der Waals surface area contributed by atoms with E-state index >= 15 is 0 Å². The van der Waals surface area contributed by atoms with Crippen LogP contribution in [0.1, 0.15) is 20.7 Å². The van der Waals surface area contributed by atoms with Gasteiger partial charge >= 0.3 is 103 Å². The number of benzene rings is 2. The molecule has 0 aromatic heterocycles. The van der Waals surface area contributed by atoms with Crippen molar-refractivity contribution in [1.82, 2.24) is 0 Å². The molecule has 0 saturated carbocycles. The Balaban J connectivity index is 0.00000180. The number of carboxylic acids is 2. The Labute approximate surface area is 201 Å². The summed E-state index contributed by atoms with van der Waals surface area (Å²) >= 11 is 0. The fourth-order valence-electron chi connectivity index (χ4n) is 1.70. The van der Waals surface area contributed by atoms with E-state index in [0.29, 0.717) is 11.1 Å². The van der Waals surface area contributed by atoms with Crippen LogP contribution in [0.15, 0.2) is 48.5 Å². The molecule has 2 aromatic rings. The van der Waals surface area contributed by atoms with Gasteiger partial charge in [-0.3, -0.25) is 0 Å². The molecule has 0 saturated heterocycles. The molecule has 0 heterocycles. The van der Waals surface area contributed by atoms with Gasteiger partial charge in [0.2, 0.25) is 0 Å². The quantitative estimate of drug-likeness (QED) is 0.528. The maximum Gasteiger partial charge on any atom is 1.00 e. The first-order chi connectivity index (χ1) is 8.59. The average Bonchev–Trinajstić information content (AvgIpc) is 2.39. The summed E-state index contributed by atoms with van der Waals surface area (Å²) in [6.45, 7) is 0. The van der Waals surface area contributed by atoms with Crippen molar-refractivity contribution in [2.75, 3.05) is 0 Å². The van der Waals surface area contributed by atoms with Crippen LogP contribution in [0.5, 0.6) is 0 Å². The maximum absolute atomic E-state index is 11.0. The van der Waals surface area contributed by atoms with E-state index in [9.17, 15) is 19.8 Å². The van der Waals surface area contributed by atoms with E-state index in [0.717, 1.165) is 0 Å². The molecule has 0 N–H and O–H groups in total. The van der Waals surface area contributed by atoms with Gasteiger partial charge in [0.1, 0.15) is 0 Å². The topological polar surface area (TPSA) is 80.3 Å². The average molecular weight is 318 g/mol. The maximum atomic E-state index is 11.0. The van der Waals surface area contributed by atoms with Crippen LogP contribution in [0.25, 0.3) is 11.1 Å². The molecule has 6 heteroatoms. The number of rotatable bonds is 3. The Morgan fingerprint density at radius 2 is 1.30 bits per heavy atom. The van der Waals surface area contributed by atoms with Gasteiger partial charge in [0.25, 0.3) is 0 Å².